The maximum atomic E-state index is 5.27. The highest BCUT2D eigenvalue weighted by Gasteiger charge is 2.20. The summed E-state index contributed by atoms with van der Waals surface area (Å²) < 4.78 is 3.59. The average molecular weight is 734 g/mol. The fourth-order valence-corrected chi connectivity index (χ4v) is 9.08. The second-order valence-electron chi connectivity index (χ2n) is 13.9. The lowest BCUT2D eigenvalue weighted by Gasteiger charge is -2.16. The first kappa shape index (κ1) is 32.2. The van der Waals surface area contributed by atoms with Gasteiger partial charge in [-0.1, -0.05) is 146 Å². The molecule has 0 saturated heterocycles. The summed E-state index contributed by atoms with van der Waals surface area (Å²) >= 11 is 1.74. The van der Waals surface area contributed by atoms with Crippen LogP contribution in [0.5, 0.6) is 0 Å². The third kappa shape index (κ3) is 5.38. The van der Waals surface area contributed by atoms with Gasteiger partial charge in [-0.3, -0.25) is 0 Å². The van der Waals surface area contributed by atoms with Gasteiger partial charge in [-0.05, 0) is 58.7 Å². The number of benzene rings is 7. The lowest BCUT2D eigenvalue weighted by molar-refractivity contribution is 1.06. The maximum Gasteiger partial charge on any atom is 0.166 e. The first-order chi connectivity index (χ1) is 27.8. The van der Waals surface area contributed by atoms with Gasteiger partial charge in [0.1, 0.15) is 4.83 Å². The molecular weight excluding hydrogens is 703 g/mol. The molecule has 0 amide bonds. The number of hydrogen-bond acceptors (Lipinski definition) is 5. The van der Waals surface area contributed by atoms with Crippen LogP contribution >= 0.6 is 11.3 Å². The average Bonchev–Trinajstić information content (AvgIpc) is 3.83. The normalized spacial score (nSPS) is 11.6. The number of nitrogens with zero attached hydrogens (tertiary/aromatic N) is 5. The molecule has 4 heterocycles. The van der Waals surface area contributed by atoms with Crippen LogP contribution in [0.3, 0.4) is 0 Å². The predicted octanol–water partition coefficient (Wildman–Crippen LogP) is 13.1. The zero-order valence-electron chi connectivity index (χ0n) is 30.0. The lowest BCUT2D eigenvalue weighted by atomic mass is 10.0. The van der Waals surface area contributed by atoms with E-state index in [0.29, 0.717) is 17.5 Å². The zero-order valence-corrected chi connectivity index (χ0v) is 30.9. The molecule has 4 aromatic heterocycles. The Morgan fingerprint density at radius 3 is 1.64 bits per heavy atom. The van der Waals surface area contributed by atoms with Crippen LogP contribution < -0.4 is 0 Å². The van der Waals surface area contributed by atoms with Crippen LogP contribution in [-0.4, -0.2) is 24.5 Å². The summed E-state index contributed by atoms with van der Waals surface area (Å²) in [5.74, 6) is 1.85. The minimum atomic E-state index is 0.608. The SMILES string of the molecule is c1ccc(-c2ccc(-c3nc(-c4ccccc4)nc(-c4ccc(-c5cccc6c5sc5ncccc56)cc4)n3)c(-n3c4ccccc4c4ccccc43)c2)cc1. The number of rotatable bonds is 6. The van der Waals surface area contributed by atoms with Crippen molar-refractivity contribution >= 4 is 53.4 Å². The Balaban J connectivity index is 1.11. The highest BCUT2D eigenvalue weighted by atomic mass is 32.1. The van der Waals surface area contributed by atoms with Crippen LogP contribution in [0, 0.1) is 0 Å². The summed E-state index contributed by atoms with van der Waals surface area (Å²) in [6.45, 7) is 0. The van der Waals surface area contributed by atoms with Crippen molar-refractivity contribution in [2.45, 2.75) is 0 Å². The van der Waals surface area contributed by atoms with Gasteiger partial charge in [-0.2, -0.15) is 0 Å². The van der Waals surface area contributed by atoms with Crippen molar-refractivity contribution in [3.63, 3.8) is 0 Å². The third-order valence-electron chi connectivity index (χ3n) is 10.6. The van der Waals surface area contributed by atoms with Crippen LogP contribution in [0.1, 0.15) is 0 Å². The van der Waals surface area contributed by atoms with Crippen LogP contribution in [0.4, 0.5) is 0 Å². The van der Waals surface area contributed by atoms with Crippen molar-refractivity contribution in [3.8, 4) is 62.1 Å². The van der Waals surface area contributed by atoms with E-state index in [9.17, 15) is 0 Å². The van der Waals surface area contributed by atoms with E-state index in [1.165, 1.54) is 31.8 Å². The Morgan fingerprint density at radius 1 is 0.375 bits per heavy atom. The van der Waals surface area contributed by atoms with Crippen LogP contribution in [0.25, 0.3) is 104 Å². The summed E-state index contributed by atoms with van der Waals surface area (Å²) in [5.41, 5.74) is 10.6. The molecule has 0 radical (unpaired) electrons. The molecule has 5 nitrogen and oxygen atoms in total. The quantitative estimate of drug-likeness (QED) is 0.171. The van der Waals surface area contributed by atoms with E-state index in [1.54, 1.807) is 11.3 Å². The summed E-state index contributed by atoms with van der Waals surface area (Å²) in [5, 5.41) is 4.81. The van der Waals surface area contributed by atoms with Crippen molar-refractivity contribution in [2.24, 2.45) is 0 Å². The standard InChI is InChI=1S/C50H31N5S/c1-3-13-32(14-4-1)36-28-29-42(45(31-36)55-43-22-9-7-17-38(43)39-18-8-10-23-44(39)55)49-53-47(34-15-5-2-6-16-34)52-48(54-49)35-26-24-33(25-27-35)37-19-11-20-40-41-21-12-30-51-50(41)56-46(37)40/h1-31H. The molecular formula is C50H31N5S. The minimum absolute atomic E-state index is 0.608. The number of para-hydroxylation sites is 2. The first-order valence-corrected chi connectivity index (χ1v) is 19.5. The minimum Gasteiger partial charge on any atom is -0.308 e. The van der Waals surface area contributed by atoms with Gasteiger partial charge in [0.2, 0.25) is 0 Å². The molecule has 11 aromatic rings. The Labute approximate surface area is 326 Å². The van der Waals surface area contributed by atoms with Crippen molar-refractivity contribution in [1.29, 1.82) is 0 Å². The summed E-state index contributed by atoms with van der Waals surface area (Å²) in [6, 6.07) is 63.8. The Morgan fingerprint density at radius 2 is 0.929 bits per heavy atom. The van der Waals surface area contributed by atoms with Gasteiger partial charge in [0.25, 0.3) is 0 Å². The predicted molar refractivity (Wildman–Crippen MR) is 232 cm³/mol. The lowest BCUT2D eigenvalue weighted by Crippen LogP contribution is -2.04. The zero-order chi connectivity index (χ0) is 37.0. The van der Waals surface area contributed by atoms with E-state index in [0.717, 1.165) is 54.9 Å². The van der Waals surface area contributed by atoms with E-state index in [4.69, 9.17) is 15.0 Å². The molecule has 6 heteroatoms. The molecule has 0 aliphatic rings. The molecule has 0 fully saturated rings. The van der Waals surface area contributed by atoms with Crippen LogP contribution in [0.15, 0.2) is 188 Å². The largest absolute Gasteiger partial charge is 0.308 e. The monoisotopic (exact) mass is 733 g/mol. The Bertz CT molecular complexity index is 3190. The topological polar surface area (TPSA) is 56.5 Å². The van der Waals surface area contributed by atoms with Gasteiger partial charge >= 0.3 is 0 Å². The summed E-state index contributed by atoms with van der Waals surface area (Å²) in [4.78, 5) is 21.3. The van der Waals surface area contributed by atoms with Crippen LogP contribution in [0.2, 0.25) is 0 Å². The van der Waals surface area contributed by atoms with E-state index in [2.05, 4.69) is 167 Å². The molecule has 0 spiro atoms. The molecule has 56 heavy (non-hydrogen) atoms. The molecule has 0 aliphatic heterocycles. The highest BCUT2D eigenvalue weighted by molar-refractivity contribution is 7.26. The van der Waals surface area contributed by atoms with Gasteiger partial charge < -0.3 is 4.57 Å². The fraction of sp³-hybridized carbons (Fsp3) is 0. The van der Waals surface area contributed by atoms with Crippen LogP contribution in [-0.2, 0) is 0 Å². The molecule has 0 bridgehead atoms. The van der Waals surface area contributed by atoms with E-state index in [1.807, 2.05) is 30.5 Å². The Kier molecular flexibility index (Phi) is 7.60. The molecule has 0 aliphatic carbocycles. The van der Waals surface area contributed by atoms with Crippen molar-refractivity contribution < 1.29 is 0 Å². The number of pyridine rings is 1. The molecule has 0 saturated carbocycles. The van der Waals surface area contributed by atoms with Gasteiger partial charge in [-0.25, -0.2) is 19.9 Å². The number of aromatic nitrogens is 5. The van der Waals surface area contributed by atoms with Crippen molar-refractivity contribution in [1.82, 2.24) is 24.5 Å². The second-order valence-corrected chi connectivity index (χ2v) is 14.9. The molecule has 0 unspecified atom stereocenters. The van der Waals surface area contributed by atoms with E-state index >= 15 is 0 Å². The molecule has 11 rings (SSSR count). The molecule has 7 aromatic carbocycles. The fourth-order valence-electron chi connectivity index (χ4n) is 7.90. The first-order valence-electron chi connectivity index (χ1n) is 18.6. The van der Waals surface area contributed by atoms with Crippen molar-refractivity contribution in [3.05, 3.63) is 188 Å². The second kappa shape index (κ2) is 13.2. The Hall–Kier alpha value is -7.28. The molecule has 0 N–H and O–H groups in total. The molecule has 262 valence electrons. The number of fused-ring (bicyclic) bond motifs is 6. The van der Waals surface area contributed by atoms with Gasteiger partial charge in [-0.15, -0.1) is 11.3 Å². The number of thiophene rings is 1. The third-order valence-corrected chi connectivity index (χ3v) is 11.7. The van der Waals surface area contributed by atoms with Crippen molar-refractivity contribution in [2.75, 3.05) is 0 Å². The van der Waals surface area contributed by atoms with Gasteiger partial charge in [0, 0.05) is 49.1 Å². The van der Waals surface area contributed by atoms with Gasteiger partial charge in [0.15, 0.2) is 17.5 Å². The maximum absolute atomic E-state index is 5.27. The van der Waals surface area contributed by atoms with Gasteiger partial charge in [0.05, 0.1) is 16.7 Å². The number of hydrogen-bond donors (Lipinski definition) is 0. The smallest absolute Gasteiger partial charge is 0.166 e. The molecule has 0 atom stereocenters. The van der Waals surface area contributed by atoms with E-state index < -0.39 is 0 Å². The highest BCUT2D eigenvalue weighted by Crippen LogP contribution is 2.41. The summed E-state index contributed by atoms with van der Waals surface area (Å²) in [7, 11) is 0. The van der Waals surface area contributed by atoms with E-state index in [-0.39, 0.29) is 0 Å². The summed E-state index contributed by atoms with van der Waals surface area (Å²) in [6.07, 6.45) is 1.86.